The van der Waals surface area contributed by atoms with Gasteiger partial charge in [0.15, 0.2) is 5.82 Å². The third kappa shape index (κ3) is 2.43. The van der Waals surface area contributed by atoms with Gasteiger partial charge in [0.2, 0.25) is 0 Å². The Balaban J connectivity index is 1.84. The minimum absolute atomic E-state index is 0.145. The van der Waals surface area contributed by atoms with Crippen LogP contribution >= 0.6 is 0 Å². The number of hydrogen-bond acceptors (Lipinski definition) is 5. The standard InChI is InChI=1S/C13H14N6O/c1-10-14-13(9-20)19(16-10)8-11-7-18(17-15-11)12-5-3-2-4-6-12/h2-7,20H,8-9H2,1H3. The van der Waals surface area contributed by atoms with E-state index in [0.29, 0.717) is 18.2 Å². The van der Waals surface area contributed by atoms with Crippen molar-refractivity contribution in [2.24, 2.45) is 0 Å². The topological polar surface area (TPSA) is 81.7 Å². The number of aromatic nitrogens is 6. The van der Waals surface area contributed by atoms with Crippen LogP contribution in [-0.4, -0.2) is 34.9 Å². The lowest BCUT2D eigenvalue weighted by Crippen LogP contribution is -2.07. The molecule has 0 unspecified atom stereocenters. The zero-order valence-electron chi connectivity index (χ0n) is 11.0. The molecule has 0 spiro atoms. The van der Waals surface area contributed by atoms with Crippen LogP contribution in [0.1, 0.15) is 17.3 Å². The summed E-state index contributed by atoms with van der Waals surface area (Å²) in [5.74, 6) is 1.15. The van der Waals surface area contributed by atoms with Gasteiger partial charge in [-0.05, 0) is 19.1 Å². The van der Waals surface area contributed by atoms with Crippen molar-refractivity contribution in [3.05, 3.63) is 53.9 Å². The molecule has 1 N–H and O–H groups in total. The van der Waals surface area contributed by atoms with Gasteiger partial charge in [-0.3, -0.25) is 0 Å². The first kappa shape index (κ1) is 12.5. The van der Waals surface area contributed by atoms with Crippen molar-refractivity contribution in [2.45, 2.75) is 20.1 Å². The quantitative estimate of drug-likeness (QED) is 0.755. The largest absolute Gasteiger partial charge is 0.388 e. The Morgan fingerprint density at radius 3 is 2.75 bits per heavy atom. The first-order valence-corrected chi connectivity index (χ1v) is 6.24. The lowest BCUT2D eigenvalue weighted by molar-refractivity contribution is 0.263. The molecule has 0 aliphatic carbocycles. The van der Waals surface area contributed by atoms with Crippen molar-refractivity contribution in [3.8, 4) is 5.69 Å². The first-order chi connectivity index (χ1) is 9.76. The predicted molar refractivity (Wildman–Crippen MR) is 71.1 cm³/mol. The molecule has 0 bridgehead atoms. The maximum atomic E-state index is 9.23. The molecule has 0 fully saturated rings. The molecule has 2 aromatic heterocycles. The molecule has 3 aromatic rings. The number of aliphatic hydroxyl groups excluding tert-OH is 1. The Kier molecular flexibility index (Phi) is 3.26. The number of aryl methyl sites for hydroxylation is 1. The molecule has 0 radical (unpaired) electrons. The summed E-state index contributed by atoms with van der Waals surface area (Å²) in [6.45, 7) is 2.08. The van der Waals surface area contributed by atoms with E-state index in [1.54, 1.807) is 16.3 Å². The molecule has 1 aromatic carbocycles. The van der Waals surface area contributed by atoms with E-state index in [0.717, 1.165) is 11.4 Å². The number of nitrogens with zero attached hydrogens (tertiary/aromatic N) is 6. The van der Waals surface area contributed by atoms with E-state index in [9.17, 15) is 5.11 Å². The van der Waals surface area contributed by atoms with Crippen LogP contribution in [0.4, 0.5) is 0 Å². The average molecular weight is 270 g/mol. The second-order valence-electron chi connectivity index (χ2n) is 4.38. The molecule has 0 amide bonds. The summed E-state index contributed by atoms with van der Waals surface area (Å²) in [7, 11) is 0. The van der Waals surface area contributed by atoms with Gasteiger partial charge in [0, 0.05) is 0 Å². The summed E-state index contributed by atoms with van der Waals surface area (Å²) in [5.41, 5.74) is 1.71. The maximum Gasteiger partial charge on any atom is 0.153 e. The second-order valence-corrected chi connectivity index (χ2v) is 4.38. The number of rotatable bonds is 4. The van der Waals surface area contributed by atoms with Gasteiger partial charge in [0.25, 0.3) is 0 Å². The fourth-order valence-corrected chi connectivity index (χ4v) is 1.97. The van der Waals surface area contributed by atoms with Crippen LogP contribution in [0.15, 0.2) is 36.5 Å². The van der Waals surface area contributed by atoms with Crippen molar-refractivity contribution in [1.29, 1.82) is 0 Å². The van der Waals surface area contributed by atoms with Gasteiger partial charge in [-0.2, -0.15) is 5.10 Å². The van der Waals surface area contributed by atoms with Crippen LogP contribution in [0, 0.1) is 6.92 Å². The molecule has 0 saturated carbocycles. The van der Waals surface area contributed by atoms with E-state index >= 15 is 0 Å². The van der Waals surface area contributed by atoms with Gasteiger partial charge < -0.3 is 5.11 Å². The van der Waals surface area contributed by atoms with E-state index < -0.39 is 0 Å². The van der Waals surface area contributed by atoms with E-state index in [1.807, 2.05) is 36.5 Å². The summed E-state index contributed by atoms with van der Waals surface area (Å²) < 4.78 is 3.34. The number of para-hydroxylation sites is 1. The third-order valence-corrected chi connectivity index (χ3v) is 2.87. The summed E-state index contributed by atoms with van der Waals surface area (Å²) in [6, 6.07) is 9.75. The summed E-state index contributed by atoms with van der Waals surface area (Å²) in [5, 5.41) is 21.7. The molecule has 0 atom stereocenters. The minimum atomic E-state index is -0.145. The number of aliphatic hydroxyl groups is 1. The molecule has 3 rings (SSSR count). The zero-order chi connectivity index (χ0) is 13.9. The minimum Gasteiger partial charge on any atom is -0.388 e. The summed E-state index contributed by atoms with van der Waals surface area (Å²) in [6.07, 6.45) is 1.84. The summed E-state index contributed by atoms with van der Waals surface area (Å²) >= 11 is 0. The van der Waals surface area contributed by atoms with Gasteiger partial charge in [-0.1, -0.05) is 23.4 Å². The van der Waals surface area contributed by atoms with E-state index in [2.05, 4.69) is 20.4 Å². The molecule has 0 aliphatic rings. The van der Waals surface area contributed by atoms with Crippen molar-refractivity contribution in [1.82, 2.24) is 29.8 Å². The molecular formula is C13H14N6O. The molecular weight excluding hydrogens is 256 g/mol. The Bertz CT molecular complexity index is 703. The Labute approximate surface area is 115 Å². The number of hydrogen-bond donors (Lipinski definition) is 1. The highest BCUT2D eigenvalue weighted by atomic mass is 16.3. The summed E-state index contributed by atoms with van der Waals surface area (Å²) in [4.78, 5) is 4.14. The van der Waals surface area contributed by atoms with Crippen LogP contribution in [-0.2, 0) is 13.2 Å². The van der Waals surface area contributed by atoms with Gasteiger partial charge in [0.1, 0.15) is 18.1 Å². The van der Waals surface area contributed by atoms with Crippen LogP contribution in [0.2, 0.25) is 0 Å². The van der Waals surface area contributed by atoms with Crippen molar-refractivity contribution in [2.75, 3.05) is 0 Å². The van der Waals surface area contributed by atoms with Crippen LogP contribution in [0.25, 0.3) is 5.69 Å². The van der Waals surface area contributed by atoms with Crippen molar-refractivity contribution >= 4 is 0 Å². The maximum absolute atomic E-state index is 9.23. The van der Waals surface area contributed by atoms with Crippen LogP contribution < -0.4 is 0 Å². The normalized spacial score (nSPS) is 10.9. The van der Waals surface area contributed by atoms with Gasteiger partial charge >= 0.3 is 0 Å². The smallest absolute Gasteiger partial charge is 0.153 e. The molecule has 0 saturated heterocycles. The average Bonchev–Trinajstić information content (AvgIpc) is 3.07. The third-order valence-electron chi connectivity index (χ3n) is 2.87. The lowest BCUT2D eigenvalue weighted by atomic mass is 10.3. The fourth-order valence-electron chi connectivity index (χ4n) is 1.97. The number of benzene rings is 1. The second kappa shape index (κ2) is 5.22. The Hall–Kier alpha value is -2.54. The van der Waals surface area contributed by atoms with Gasteiger partial charge in [0.05, 0.1) is 18.4 Å². The van der Waals surface area contributed by atoms with Gasteiger partial charge in [-0.25, -0.2) is 14.3 Å². The fraction of sp³-hybridized carbons (Fsp3) is 0.231. The van der Waals surface area contributed by atoms with Crippen LogP contribution in [0.3, 0.4) is 0 Å². The van der Waals surface area contributed by atoms with Crippen LogP contribution in [0.5, 0.6) is 0 Å². The highest BCUT2D eigenvalue weighted by molar-refractivity contribution is 5.29. The Morgan fingerprint density at radius 1 is 1.20 bits per heavy atom. The molecule has 7 nitrogen and oxygen atoms in total. The highest BCUT2D eigenvalue weighted by Crippen LogP contribution is 2.07. The molecule has 7 heteroatoms. The van der Waals surface area contributed by atoms with Crippen molar-refractivity contribution in [3.63, 3.8) is 0 Å². The Morgan fingerprint density at radius 2 is 2.00 bits per heavy atom. The SMILES string of the molecule is Cc1nc(CO)n(Cc2cn(-c3ccccc3)nn2)n1. The lowest BCUT2D eigenvalue weighted by Gasteiger charge is -2.00. The zero-order valence-corrected chi connectivity index (χ0v) is 11.0. The molecule has 102 valence electrons. The predicted octanol–water partition coefficient (Wildman–Crippen LogP) is 0.708. The monoisotopic (exact) mass is 270 g/mol. The molecule has 0 aliphatic heterocycles. The van der Waals surface area contributed by atoms with Gasteiger partial charge in [-0.15, -0.1) is 5.10 Å². The molecule has 20 heavy (non-hydrogen) atoms. The van der Waals surface area contributed by atoms with Crippen molar-refractivity contribution < 1.29 is 5.11 Å². The van der Waals surface area contributed by atoms with E-state index in [-0.39, 0.29) is 6.61 Å². The first-order valence-electron chi connectivity index (χ1n) is 6.24. The molecule has 2 heterocycles. The van der Waals surface area contributed by atoms with E-state index in [1.165, 1.54) is 0 Å². The van der Waals surface area contributed by atoms with E-state index in [4.69, 9.17) is 0 Å². The highest BCUT2D eigenvalue weighted by Gasteiger charge is 2.09.